The Bertz CT molecular complexity index is 1590. The molecular formula is C24H22FN8O+. The van der Waals surface area contributed by atoms with Gasteiger partial charge in [0.05, 0.1) is 11.3 Å². The molecule has 170 valence electrons. The zero-order chi connectivity index (χ0) is 24.0. The maximum absolute atomic E-state index is 13.6. The van der Waals surface area contributed by atoms with E-state index in [1.165, 1.54) is 21.2 Å². The smallest absolute Gasteiger partial charge is 0.381 e. The number of anilines is 2. The standard InChI is InChI=1S/C24H21FN8O/c1-13-10-16(11-14(2)28-13)19-20(15-6-4-3-5-7-15)30-23(27)33-22(19)31-32(24(33)34)12-17-8-9-18(25)21(26)29-17/h3-11H,12H2,1-2H3,(H4,26,27,28,29,30,31)/p+1. The molecule has 0 radical (unpaired) electrons. The molecule has 4 aromatic heterocycles. The normalized spacial score (nSPS) is 11.3. The van der Waals surface area contributed by atoms with Crippen LogP contribution in [0.5, 0.6) is 0 Å². The first-order chi connectivity index (χ1) is 16.3. The maximum Gasteiger partial charge on any atom is 0.428 e. The Labute approximate surface area is 193 Å². The maximum atomic E-state index is 13.6. The van der Waals surface area contributed by atoms with Gasteiger partial charge in [0.1, 0.15) is 12.2 Å². The van der Waals surface area contributed by atoms with Crippen molar-refractivity contribution in [2.24, 2.45) is 0 Å². The van der Waals surface area contributed by atoms with Crippen LogP contribution in [0.3, 0.4) is 0 Å². The quantitative estimate of drug-likeness (QED) is 0.355. The van der Waals surface area contributed by atoms with Crippen LogP contribution in [0.15, 0.2) is 59.4 Å². The molecule has 0 atom stereocenters. The summed E-state index contributed by atoms with van der Waals surface area (Å²) in [5, 5.41) is 3.16. The van der Waals surface area contributed by atoms with Crippen molar-refractivity contribution in [2.75, 3.05) is 11.5 Å². The molecule has 0 fully saturated rings. The van der Waals surface area contributed by atoms with Gasteiger partial charge in [-0.05, 0) is 43.7 Å². The Balaban J connectivity index is 1.80. The van der Waals surface area contributed by atoms with Gasteiger partial charge in [0, 0.05) is 17.0 Å². The third-order valence-electron chi connectivity index (χ3n) is 5.48. The third-order valence-corrected chi connectivity index (χ3v) is 5.48. The Morgan fingerprint density at radius 1 is 0.971 bits per heavy atom. The summed E-state index contributed by atoms with van der Waals surface area (Å²) >= 11 is 0. The number of hydrogen-bond donors (Lipinski definition) is 3. The van der Waals surface area contributed by atoms with Crippen molar-refractivity contribution in [3.05, 3.63) is 88.0 Å². The first-order valence-corrected chi connectivity index (χ1v) is 10.6. The molecule has 0 saturated carbocycles. The molecule has 1 aromatic carbocycles. The van der Waals surface area contributed by atoms with Gasteiger partial charge >= 0.3 is 11.6 Å². The zero-order valence-electron chi connectivity index (χ0n) is 18.6. The fourth-order valence-corrected chi connectivity index (χ4v) is 4.07. The number of pyridine rings is 2. The highest BCUT2D eigenvalue weighted by Crippen LogP contribution is 2.33. The number of nitrogen functional groups attached to an aromatic ring is 2. The number of benzene rings is 1. The molecule has 0 spiro atoms. The first-order valence-electron chi connectivity index (χ1n) is 10.6. The molecular weight excluding hydrogens is 435 g/mol. The topological polar surface area (TPSA) is 133 Å². The average molecular weight is 457 g/mol. The number of nitrogens with zero attached hydrogens (tertiary/aromatic N) is 5. The van der Waals surface area contributed by atoms with Gasteiger partial charge in [-0.25, -0.2) is 19.3 Å². The monoisotopic (exact) mass is 457 g/mol. The van der Waals surface area contributed by atoms with Gasteiger partial charge in [0.25, 0.3) is 0 Å². The van der Waals surface area contributed by atoms with E-state index in [0.29, 0.717) is 22.6 Å². The number of rotatable bonds is 4. The van der Waals surface area contributed by atoms with Crippen LogP contribution in [0, 0.1) is 19.7 Å². The minimum atomic E-state index is -0.617. The van der Waals surface area contributed by atoms with Crippen LogP contribution in [0.1, 0.15) is 17.1 Å². The molecule has 4 heterocycles. The van der Waals surface area contributed by atoms with E-state index in [2.05, 4.69) is 20.1 Å². The SMILES string of the molecule is Cc1cc(-c2c(-c3ccccc3)nc(N)[n+]3c(=O)n(Cc4ccc(F)c(N)n4)[nH]c23)cc(C)n1. The zero-order valence-corrected chi connectivity index (χ0v) is 18.6. The van der Waals surface area contributed by atoms with E-state index >= 15 is 0 Å². The lowest BCUT2D eigenvalue weighted by atomic mass is 9.99. The second-order valence-electron chi connectivity index (χ2n) is 8.03. The third kappa shape index (κ3) is 3.64. The lowest BCUT2D eigenvalue weighted by Crippen LogP contribution is -2.44. The summed E-state index contributed by atoms with van der Waals surface area (Å²) in [7, 11) is 0. The molecule has 34 heavy (non-hydrogen) atoms. The van der Waals surface area contributed by atoms with Crippen molar-refractivity contribution >= 4 is 17.4 Å². The molecule has 0 aliphatic rings. The van der Waals surface area contributed by atoms with Gasteiger partial charge in [-0.15, -0.1) is 9.38 Å². The van der Waals surface area contributed by atoms with Crippen LogP contribution in [-0.4, -0.2) is 24.7 Å². The number of nitrogens with two attached hydrogens (primary N) is 2. The summed E-state index contributed by atoms with van der Waals surface area (Å²) in [6, 6.07) is 16.2. The molecule has 0 aliphatic carbocycles. The van der Waals surface area contributed by atoms with Gasteiger partial charge < -0.3 is 11.5 Å². The number of H-pyrrole nitrogens is 1. The van der Waals surface area contributed by atoms with Crippen molar-refractivity contribution in [2.45, 2.75) is 20.4 Å². The molecule has 10 heteroatoms. The number of halogens is 1. The van der Waals surface area contributed by atoms with Gasteiger partial charge in [-0.2, -0.15) is 4.68 Å². The van der Waals surface area contributed by atoms with E-state index < -0.39 is 11.5 Å². The summed E-state index contributed by atoms with van der Waals surface area (Å²) in [6.07, 6.45) is 0. The lowest BCUT2D eigenvalue weighted by molar-refractivity contribution is -0.516. The van der Waals surface area contributed by atoms with E-state index in [4.69, 9.17) is 11.5 Å². The van der Waals surface area contributed by atoms with Crippen LogP contribution in [0.4, 0.5) is 16.2 Å². The van der Waals surface area contributed by atoms with Crippen molar-refractivity contribution in [3.63, 3.8) is 0 Å². The highest BCUT2D eigenvalue weighted by atomic mass is 19.1. The van der Waals surface area contributed by atoms with Gasteiger partial charge in [0.15, 0.2) is 11.6 Å². The molecule has 0 saturated heterocycles. The Kier molecular flexibility index (Phi) is 5.05. The fraction of sp³-hybridized carbons (Fsp3) is 0.125. The number of aryl methyl sites for hydroxylation is 2. The van der Waals surface area contributed by atoms with Gasteiger partial charge in [-0.3, -0.25) is 4.98 Å². The minimum Gasteiger partial charge on any atom is -0.381 e. The summed E-state index contributed by atoms with van der Waals surface area (Å²) in [5.74, 6) is -0.814. The summed E-state index contributed by atoms with van der Waals surface area (Å²) in [6.45, 7) is 3.86. The number of fused-ring (bicyclic) bond motifs is 1. The highest BCUT2D eigenvalue weighted by molar-refractivity contribution is 5.88. The summed E-state index contributed by atoms with van der Waals surface area (Å²) in [4.78, 5) is 26.4. The lowest BCUT2D eigenvalue weighted by Gasteiger charge is -2.10. The predicted octanol–water partition coefficient (Wildman–Crippen LogP) is 2.40. The Morgan fingerprint density at radius 3 is 2.35 bits per heavy atom. The van der Waals surface area contributed by atoms with Crippen LogP contribution < -0.4 is 21.6 Å². The fourth-order valence-electron chi connectivity index (χ4n) is 4.07. The first kappa shape index (κ1) is 21.3. The van der Waals surface area contributed by atoms with Crippen molar-refractivity contribution in [1.82, 2.24) is 24.7 Å². The summed E-state index contributed by atoms with van der Waals surface area (Å²) in [5.41, 5.74) is 17.0. The Hall–Kier alpha value is -4.60. The molecule has 0 aliphatic heterocycles. The van der Waals surface area contributed by atoms with Crippen molar-refractivity contribution in [1.29, 1.82) is 0 Å². The molecule has 5 rings (SSSR count). The highest BCUT2D eigenvalue weighted by Gasteiger charge is 2.26. The Morgan fingerprint density at radius 2 is 1.68 bits per heavy atom. The van der Waals surface area contributed by atoms with Crippen molar-refractivity contribution in [3.8, 4) is 22.4 Å². The molecule has 0 amide bonds. The van der Waals surface area contributed by atoms with E-state index in [1.807, 2.05) is 56.3 Å². The predicted molar refractivity (Wildman–Crippen MR) is 126 cm³/mol. The molecule has 5 N–H and O–H groups in total. The average Bonchev–Trinajstić information content (AvgIpc) is 3.12. The molecule has 0 bridgehead atoms. The second-order valence-corrected chi connectivity index (χ2v) is 8.03. The minimum absolute atomic E-state index is 0.0340. The van der Waals surface area contributed by atoms with Crippen LogP contribution in [-0.2, 0) is 6.54 Å². The molecule has 5 aromatic rings. The number of nitrogens with one attached hydrogen (secondary N) is 1. The van der Waals surface area contributed by atoms with Crippen LogP contribution in [0.25, 0.3) is 28.0 Å². The van der Waals surface area contributed by atoms with E-state index in [9.17, 15) is 9.18 Å². The summed E-state index contributed by atoms with van der Waals surface area (Å²) < 4.78 is 16.2. The molecule has 0 unspecified atom stereocenters. The van der Waals surface area contributed by atoms with Crippen molar-refractivity contribution < 1.29 is 8.79 Å². The van der Waals surface area contributed by atoms with Crippen LogP contribution >= 0.6 is 0 Å². The number of hydrogen-bond acceptors (Lipinski definition) is 6. The van der Waals surface area contributed by atoms with Gasteiger partial charge in [0.2, 0.25) is 5.65 Å². The largest absolute Gasteiger partial charge is 0.428 e. The van der Waals surface area contributed by atoms with Crippen LogP contribution in [0.2, 0.25) is 0 Å². The van der Waals surface area contributed by atoms with E-state index in [-0.39, 0.29) is 18.3 Å². The molecule has 9 nitrogen and oxygen atoms in total. The van der Waals surface area contributed by atoms with Gasteiger partial charge in [-0.1, -0.05) is 30.3 Å². The van der Waals surface area contributed by atoms with E-state index in [1.54, 1.807) is 0 Å². The number of aromatic amines is 1. The number of aromatic nitrogens is 6. The second kappa shape index (κ2) is 8.07. The van der Waals surface area contributed by atoms with E-state index in [0.717, 1.165) is 22.5 Å².